The number of nitrogens with one attached hydrogen (secondary N) is 3. The molecule has 1 aliphatic heterocycles. The van der Waals surface area contributed by atoms with Gasteiger partial charge in [0, 0.05) is 25.7 Å². The third kappa shape index (κ3) is 6.48. The summed E-state index contributed by atoms with van der Waals surface area (Å²) >= 11 is 0. The number of imide groups is 1. The highest BCUT2D eigenvalue weighted by atomic mass is 16.6. The van der Waals surface area contributed by atoms with Gasteiger partial charge in [-0.1, -0.05) is 6.07 Å². The Morgan fingerprint density at radius 3 is 2.67 bits per heavy atom. The Kier molecular flexibility index (Phi) is 7.79. The Hall–Kier alpha value is -4.55. The lowest BCUT2D eigenvalue weighted by molar-refractivity contribution is -0.135. The second-order valence-corrected chi connectivity index (χ2v) is 10.2. The molecule has 3 N–H and O–H groups in total. The zero-order valence-electron chi connectivity index (χ0n) is 22.2. The fraction of sp³-hybridized carbons (Fsp3) is 0.423. The average Bonchev–Trinajstić information content (AvgIpc) is 3.32. The minimum absolute atomic E-state index is 0.128. The first kappa shape index (κ1) is 27.5. The summed E-state index contributed by atoms with van der Waals surface area (Å²) in [4.78, 5) is 66.4. The number of amides is 4. The van der Waals surface area contributed by atoms with Gasteiger partial charge in [0.15, 0.2) is 5.69 Å². The van der Waals surface area contributed by atoms with Crippen LogP contribution in [0.1, 0.15) is 62.4 Å². The molecule has 0 spiro atoms. The standard InChI is InChI=1S/C26H31N7O6/c1-15-28-21-16(24(37)33(15)19-9-10-20(34)30-23(19)36)7-5-8-17(21)29-22(35)18-11-14-32(31-18)13-6-12-27-25(38)39-26(2,3)4/h5,7-8,11,14,19H,6,9-10,12-13H2,1-4H3,(H,27,38)(H,29,35)(H,30,34,36). The quantitative estimate of drug-likeness (QED) is 0.304. The van der Waals surface area contributed by atoms with E-state index >= 15 is 0 Å². The number of hydrogen-bond acceptors (Lipinski definition) is 8. The van der Waals surface area contributed by atoms with Crippen molar-refractivity contribution in [1.29, 1.82) is 0 Å². The molecule has 1 unspecified atom stereocenters. The van der Waals surface area contributed by atoms with Crippen LogP contribution in [0.15, 0.2) is 35.3 Å². The molecule has 0 aliphatic carbocycles. The molecule has 0 radical (unpaired) electrons. The van der Waals surface area contributed by atoms with Crippen LogP contribution in [0.2, 0.25) is 0 Å². The fourth-order valence-electron chi connectivity index (χ4n) is 4.26. The van der Waals surface area contributed by atoms with Gasteiger partial charge in [0.25, 0.3) is 11.5 Å². The van der Waals surface area contributed by atoms with E-state index in [4.69, 9.17) is 4.74 Å². The Labute approximate surface area is 223 Å². The summed E-state index contributed by atoms with van der Waals surface area (Å²) in [5.41, 5.74) is -0.238. The minimum atomic E-state index is -0.839. The third-order valence-corrected chi connectivity index (χ3v) is 5.98. The SMILES string of the molecule is Cc1nc2c(NC(=O)c3ccn(CCCNC(=O)OC(C)(C)C)n3)cccc2c(=O)n1C1CCC(=O)NC1=O. The summed E-state index contributed by atoms with van der Waals surface area (Å²) in [6.45, 7) is 7.81. The van der Waals surface area contributed by atoms with Gasteiger partial charge in [0.1, 0.15) is 23.0 Å². The Morgan fingerprint density at radius 1 is 1.18 bits per heavy atom. The van der Waals surface area contributed by atoms with Crippen LogP contribution in [-0.2, 0) is 20.9 Å². The number of alkyl carbamates (subject to hydrolysis) is 1. The Morgan fingerprint density at radius 2 is 1.95 bits per heavy atom. The van der Waals surface area contributed by atoms with Crippen LogP contribution in [0.5, 0.6) is 0 Å². The molecule has 1 saturated heterocycles. The Balaban J connectivity index is 1.44. The van der Waals surface area contributed by atoms with E-state index in [9.17, 15) is 24.0 Å². The van der Waals surface area contributed by atoms with Crippen molar-refractivity contribution >= 4 is 40.4 Å². The van der Waals surface area contributed by atoms with E-state index in [0.717, 1.165) is 0 Å². The van der Waals surface area contributed by atoms with Crippen molar-refractivity contribution in [3.8, 4) is 0 Å². The van der Waals surface area contributed by atoms with Gasteiger partial charge in [-0.05, 0) is 58.7 Å². The predicted octanol–water partition coefficient (Wildman–Crippen LogP) is 2.05. The molecule has 13 nitrogen and oxygen atoms in total. The number of rotatable bonds is 7. The lowest BCUT2D eigenvalue weighted by Gasteiger charge is -2.24. The molecule has 4 rings (SSSR count). The fourth-order valence-corrected chi connectivity index (χ4v) is 4.26. The summed E-state index contributed by atoms with van der Waals surface area (Å²) in [6, 6.07) is 5.54. The average molecular weight is 538 g/mol. The number of hydrogen-bond donors (Lipinski definition) is 3. The van der Waals surface area contributed by atoms with E-state index in [0.29, 0.717) is 25.2 Å². The number of carbonyl (C=O) groups excluding carboxylic acids is 4. The van der Waals surface area contributed by atoms with E-state index in [-0.39, 0.29) is 41.2 Å². The summed E-state index contributed by atoms with van der Waals surface area (Å²) in [5.74, 6) is -1.12. The first-order valence-electron chi connectivity index (χ1n) is 12.6. The number of benzene rings is 1. The van der Waals surface area contributed by atoms with Crippen LogP contribution in [0.3, 0.4) is 0 Å². The molecular formula is C26H31N7O6. The molecule has 13 heteroatoms. The van der Waals surface area contributed by atoms with Crippen LogP contribution in [0.25, 0.3) is 10.9 Å². The maximum absolute atomic E-state index is 13.3. The van der Waals surface area contributed by atoms with Gasteiger partial charge in [0.05, 0.1) is 11.1 Å². The minimum Gasteiger partial charge on any atom is -0.444 e. The molecule has 3 aromatic rings. The van der Waals surface area contributed by atoms with Gasteiger partial charge in [-0.15, -0.1) is 0 Å². The first-order chi connectivity index (χ1) is 18.4. The van der Waals surface area contributed by atoms with Crippen molar-refractivity contribution in [2.24, 2.45) is 0 Å². The van der Waals surface area contributed by atoms with Crippen molar-refractivity contribution in [2.45, 2.75) is 65.1 Å². The van der Waals surface area contributed by atoms with Crippen molar-refractivity contribution in [2.75, 3.05) is 11.9 Å². The van der Waals surface area contributed by atoms with Crippen molar-refractivity contribution < 1.29 is 23.9 Å². The van der Waals surface area contributed by atoms with Crippen LogP contribution in [0.4, 0.5) is 10.5 Å². The van der Waals surface area contributed by atoms with E-state index in [1.165, 1.54) is 4.57 Å². The largest absolute Gasteiger partial charge is 0.444 e. The van der Waals surface area contributed by atoms with Crippen molar-refractivity contribution in [3.05, 3.63) is 52.3 Å². The maximum atomic E-state index is 13.3. The highest BCUT2D eigenvalue weighted by molar-refractivity contribution is 6.07. The molecule has 1 aliphatic rings. The number of nitrogens with zero attached hydrogens (tertiary/aromatic N) is 4. The number of fused-ring (bicyclic) bond motifs is 1. The highest BCUT2D eigenvalue weighted by Crippen LogP contribution is 2.23. The zero-order valence-corrected chi connectivity index (χ0v) is 22.2. The van der Waals surface area contributed by atoms with Crippen LogP contribution < -0.4 is 21.5 Å². The van der Waals surface area contributed by atoms with Gasteiger partial charge >= 0.3 is 6.09 Å². The van der Waals surface area contributed by atoms with Gasteiger partial charge in [0.2, 0.25) is 11.8 Å². The number of para-hydroxylation sites is 1. The first-order valence-corrected chi connectivity index (χ1v) is 12.6. The van der Waals surface area contributed by atoms with Gasteiger partial charge in [-0.3, -0.25) is 33.7 Å². The van der Waals surface area contributed by atoms with Crippen LogP contribution in [-0.4, -0.2) is 55.3 Å². The van der Waals surface area contributed by atoms with Gasteiger partial charge < -0.3 is 15.4 Å². The molecule has 206 valence electrons. The second kappa shape index (κ2) is 11.1. The van der Waals surface area contributed by atoms with Crippen LogP contribution in [0, 0.1) is 6.92 Å². The molecule has 1 fully saturated rings. The molecule has 2 aromatic heterocycles. The number of piperidine rings is 1. The summed E-state index contributed by atoms with van der Waals surface area (Å²) in [7, 11) is 0. The molecule has 1 aromatic carbocycles. The molecule has 3 heterocycles. The molecule has 0 bridgehead atoms. The molecule has 4 amide bonds. The number of aromatic nitrogens is 4. The molecule has 1 atom stereocenters. The summed E-state index contributed by atoms with van der Waals surface area (Å²) < 4.78 is 8.07. The molecule has 39 heavy (non-hydrogen) atoms. The monoisotopic (exact) mass is 537 g/mol. The lowest BCUT2D eigenvalue weighted by atomic mass is 10.1. The van der Waals surface area contributed by atoms with Gasteiger partial charge in [-0.25, -0.2) is 9.78 Å². The maximum Gasteiger partial charge on any atom is 0.407 e. The van der Waals surface area contributed by atoms with Gasteiger partial charge in [-0.2, -0.15) is 5.10 Å². The topological polar surface area (TPSA) is 166 Å². The van der Waals surface area contributed by atoms with E-state index in [1.807, 2.05) is 0 Å². The van der Waals surface area contributed by atoms with E-state index in [2.05, 4.69) is 26.0 Å². The third-order valence-electron chi connectivity index (χ3n) is 5.98. The zero-order chi connectivity index (χ0) is 28.3. The number of aryl methyl sites for hydroxylation is 2. The van der Waals surface area contributed by atoms with Crippen LogP contribution >= 0.6 is 0 Å². The number of carbonyl (C=O) groups is 4. The number of anilines is 1. The molecule has 0 saturated carbocycles. The molecular weight excluding hydrogens is 506 g/mol. The van der Waals surface area contributed by atoms with E-state index < -0.39 is 35.1 Å². The lowest BCUT2D eigenvalue weighted by Crippen LogP contribution is -2.45. The summed E-state index contributed by atoms with van der Waals surface area (Å²) in [5, 5.41) is 12.2. The smallest absolute Gasteiger partial charge is 0.407 e. The number of ether oxygens (including phenoxy) is 1. The highest BCUT2D eigenvalue weighted by Gasteiger charge is 2.30. The predicted molar refractivity (Wildman–Crippen MR) is 141 cm³/mol. The second-order valence-electron chi connectivity index (χ2n) is 10.2. The normalized spacial score (nSPS) is 15.6. The van der Waals surface area contributed by atoms with Crippen molar-refractivity contribution in [3.63, 3.8) is 0 Å². The Bertz CT molecular complexity index is 1500. The van der Waals surface area contributed by atoms with Crippen molar-refractivity contribution in [1.82, 2.24) is 30.0 Å². The van der Waals surface area contributed by atoms with E-state index in [1.54, 1.807) is 62.8 Å². The summed E-state index contributed by atoms with van der Waals surface area (Å²) in [6.07, 6.45) is 2.07.